The van der Waals surface area contributed by atoms with Crippen LogP contribution in [0.3, 0.4) is 0 Å². The molecule has 0 bridgehead atoms. The minimum atomic E-state index is -2.38. The first-order valence-corrected chi connectivity index (χ1v) is 5.35. The lowest BCUT2D eigenvalue weighted by molar-refractivity contribution is -0.116. The van der Waals surface area contributed by atoms with Crippen LogP contribution >= 0.6 is 0 Å². The molecule has 2 atom stereocenters. The summed E-state index contributed by atoms with van der Waals surface area (Å²) in [5.41, 5.74) is 5.87. The number of hydrogen-bond donors (Lipinski definition) is 1. The van der Waals surface area contributed by atoms with Crippen molar-refractivity contribution in [2.24, 2.45) is 11.7 Å². The summed E-state index contributed by atoms with van der Waals surface area (Å²) in [6, 6.07) is 0.597. The highest BCUT2D eigenvalue weighted by Crippen LogP contribution is 2.43. The summed E-state index contributed by atoms with van der Waals surface area (Å²) in [7, 11) is 0. The lowest BCUT2D eigenvalue weighted by Crippen LogP contribution is -2.45. The van der Waals surface area contributed by atoms with Crippen molar-refractivity contribution in [1.82, 2.24) is 4.90 Å². The number of nitrogens with zero attached hydrogens (tertiary/aromatic N) is 1. The number of likely N-dealkylation sites (tertiary alicyclic amines) is 1. The van der Waals surface area contributed by atoms with Gasteiger partial charge in [0.2, 0.25) is 5.92 Å². The molecule has 2 aliphatic rings. The molecule has 2 rings (SSSR count). The average molecular weight is 204 g/mol. The van der Waals surface area contributed by atoms with Gasteiger partial charge in [-0.15, -0.1) is 0 Å². The number of rotatable bonds is 2. The molecule has 4 heteroatoms. The molecular weight excluding hydrogens is 186 g/mol. The van der Waals surface area contributed by atoms with E-state index in [1.165, 1.54) is 0 Å². The van der Waals surface area contributed by atoms with Crippen LogP contribution in [-0.2, 0) is 0 Å². The Hall–Kier alpha value is -0.220. The zero-order chi connectivity index (χ0) is 10.3. The first-order chi connectivity index (χ1) is 6.48. The van der Waals surface area contributed by atoms with Crippen LogP contribution in [0.4, 0.5) is 8.78 Å². The minimum Gasteiger partial charge on any atom is -0.326 e. The highest BCUT2D eigenvalue weighted by atomic mass is 19.3. The van der Waals surface area contributed by atoms with Crippen molar-refractivity contribution < 1.29 is 8.78 Å². The van der Waals surface area contributed by atoms with Crippen LogP contribution in [0.1, 0.15) is 26.2 Å². The Balaban J connectivity index is 1.77. The molecule has 0 radical (unpaired) electrons. The molecule has 2 fully saturated rings. The van der Waals surface area contributed by atoms with Gasteiger partial charge in [0.05, 0.1) is 0 Å². The van der Waals surface area contributed by atoms with Gasteiger partial charge < -0.3 is 5.73 Å². The van der Waals surface area contributed by atoms with Gasteiger partial charge in [-0.3, -0.25) is 4.90 Å². The topological polar surface area (TPSA) is 29.3 Å². The van der Waals surface area contributed by atoms with E-state index < -0.39 is 5.92 Å². The summed E-state index contributed by atoms with van der Waals surface area (Å²) in [6.45, 7) is 3.88. The maximum atomic E-state index is 12.6. The van der Waals surface area contributed by atoms with Gasteiger partial charge in [-0.2, -0.15) is 0 Å². The average Bonchev–Trinajstić information content (AvgIpc) is 2.33. The second-order valence-electron chi connectivity index (χ2n) is 4.82. The van der Waals surface area contributed by atoms with E-state index in [-0.39, 0.29) is 24.8 Å². The number of nitrogens with two attached hydrogens (primary N) is 1. The van der Waals surface area contributed by atoms with Crippen LogP contribution in [0.5, 0.6) is 0 Å². The molecule has 14 heavy (non-hydrogen) atoms. The third kappa shape index (κ3) is 1.91. The molecule has 2 unspecified atom stereocenters. The Bertz CT molecular complexity index is 212. The molecule has 1 aliphatic heterocycles. The van der Waals surface area contributed by atoms with Crippen molar-refractivity contribution in [1.29, 1.82) is 0 Å². The molecule has 2 N–H and O–H groups in total. The lowest BCUT2D eigenvalue weighted by Gasteiger charge is -2.38. The summed E-state index contributed by atoms with van der Waals surface area (Å²) >= 11 is 0. The van der Waals surface area contributed by atoms with E-state index in [1.54, 1.807) is 0 Å². The fraction of sp³-hybridized carbons (Fsp3) is 1.00. The SMILES string of the molecule is CC1C(N)CCN1CC1CC(F)(F)C1. The first-order valence-electron chi connectivity index (χ1n) is 5.35. The number of halogens is 2. The van der Waals surface area contributed by atoms with Crippen LogP contribution in [0, 0.1) is 5.92 Å². The maximum absolute atomic E-state index is 12.6. The summed E-state index contributed by atoms with van der Waals surface area (Å²) < 4.78 is 25.2. The zero-order valence-corrected chi connectivity index (χ0v) is 8.55. The van der Waals surface area contributed by atoms with Crippen LogP contribution in [0.15, 0.2) is 0 Å². The molecular formula is C10H18F2N2. The van der Waals surface area contributed by atoms with Crippen LogP contribution in [0.2, 0.25) is 0 Å². The van der Waals surface area contributed by atoms with Gasteiger partial charge in [-0.25, -0.2) is 8.78 Å². The molecule has 82 valence electrons. The highest BCUT2D eigenvalue weighted by molar-refractivity contribution is 4.92. The van der Waals surface area contributed by atoms with Gasteiger partial charge in [-0.1, -0.05) is 0 Å². The molecule has 1 saturated heterocycles. The zero-order valence-electron chi connectivity index (χ0n) is 8.55. The highest BCUT2D eigenvalue weighted by Gasteiger charge is 2.46. The molecule has 1 heterocycles. The molecule has 1 saturated carbocycles. The summed E-state index contributed by atoms with van der Waals surface area (Å²) in [4.78, 5) is 2.25. The van der Waals surface area contributed by atoms with E-state index in [4.69, 9.17) is 5.73 Å². The van der Waals surface area contributed by atoms with Crippen LogP contribution < -0.4 is 5.73 Å². The van der Waals surface area contributed by atoms with E-state index in [2.05, 4.69) is 11.8 Å². The van der Waals surface area contributed by atoms with Gasteiger partial charge in [0.1, 0.15) is 0 Å². The summed E-state index contributed by atoms with van der Waals surface area (Å²) in [5.74, 6) is -2.19. The number of hydrogen-bond acceptors (Lipinski definition) is 2. The molecule has 0 spiro atoms. The van der Waals surface area contributed by atoms with Crippen molar-refractivity contribution in [3.8, 4) is 0 Å². The molecule has 0 aromatic rings. The summed E-state index contributed by atoms with van der Waals surface area (Å²) in [6.07, 6.45) is 1.15. The number of alkyl halides is 2. The van der Waals surface area contributed by atoms with Gasteiger partial charge in [0.15, 0.2) is 0 Å². The first kappa shape index (κ1) is 10.3. The van der Waals surface area contributed by atoms with Crippen LogP contribution in [-0.4, -0.2) is 36.0 Å². The second-order valence-corrected chi connectivity index (χ2v) is 4.82. The standard InChI is InChI=1S/C10H18F2N2/c1-7-9(13)2-3-14(7)6-8-4-10(11,12)5-8/h7-9H,2-6,13H2,1H3. The monoisotopic (exact) mass is 204 g/mol. The fourth-order valence-corrected chi connectivity index (χ4v) is 2.53. The Morgan fingerprint density at radius 1 is 1.43 bits per heavy atom. The third-order valence-electron chi connectivity index (χ3n) is 3.61. The maximum Gasteiger partial charge on any atom is 0.248 e. The predicted octanol–water partition coefficient (Wildman–Crippen LogP) is 1.45. The lowest BCUT2D eigenvalue weighted by atomic mass is 9.81. The quantitative estimate of drug-likeness (QED) is 0.737. The van der Waals surface area contributed by atoms with E-state index >= 15 is 0 Å². The van der Waals surface area contributed by atoms with E-state index in [0.29, 0.717) is 6.04 Å². The van der Waals surface area contributed by atoms with Crippen molar-refractivity contribution in [2.75, 3.05) is 13.1 Å². The van der Waals surface area contributed by atoms with Crippen molar-refractivity contribution in [3.63, 3.8) is 0 Å². The summed E-state index contributed by atoms with van der Waals surface area (Å²) in [5, 5.41) is 0. The molecule has 0 amide bonds. The fourth-order valence-electron chi connectivity index (χ4n) is 2.53. The Morgan fingerprint density at radius 2 is 2.07 bits per heavy atom. The normalized spacial score (nSPS) is 38.6. The van der Waals surface area contributed by atoms with E-state index in [1.807, 2.05) is 0 Å². The van der Waals surface area contributed by atoms with E-state index in [9.17, 15) is 8.78 Å². The van der Waals surface area contributed by atoms with Gasteiger partial charge in [0.25, 0.3) is 0 Å². The van der Waals surface area contributed by atoms with Gasteiger partial charge >= 0.3 is 0 Å². The molecule has 0 aromatic heterocycles. The van der Waals surface area contributed by atoms with Crippen molar-refractivity contribution >= 4 is 0 Å². The second kappa shape index (κ2) is 3.42. The minimum absolute atomic E-state index is 0.0749. The van der Waals surface area contributed by atoms with E-state index in [0.717, 1.165) is 19.5 Å². The predicted molar refractivity (Wildman–Crippen MR) is 51.3 cm³/mol. The largest absolute Gasteiger partial charge is 0.326 e. The van der Waals surface area contributed by atoms with Crippen molar-refractivity contribution in [2.45, 2.75) is 44.2 Å². The Kier molecular flexibility index (Phi) is 2.52. The van der Waals surface area contributed by atoms with Gasteiger partial charge in [0, 0.05) is 38.0 Å². The smallest absolute Gasteiger partial charge is 0.248 e. The Morgan fingerprint density at radius 3 is 2.50 bits per heavy atom. The Labute approximate surface area is 83.4 Å². The van der Waals surface area contributed by atoms with Crippen molar-refractivity contribution in [3.05, 3.63) is 0 Å². The van der Waals surface area contributed by atoms with Crippen LogP contribution in [0.25, 0.3) is 0 Å². The molecule has 2 nitrogen and oxygen atoms in total. The third-order valence-corrected chi connectivity index (χ3v) is 3.61. The molecule has 0 aromatic carbocycles. The molecule has 1 aliphatic carbocycles. The van der Waals surface area contributed by atoms with Gasteiger partial charge in [-0.05, 0) is 19.3 Å².